The van der Waals surface area contributed by atoms with E-state index in [0.717, 1.165) is 18.6 Å². The second-order valence-corrected chi connectivity index (χ2v) is 8.74. The molecule has 150 valence electrons. The Morgan fingerprint density at radius 3 is 2.86 bits per heavy atom. The minimum atomic E-state index is -0.112. The molecule has 1 N–H and O–H groups in total. The van der Waals surface area contributed by atoms with Gasteiger partial charge in [0.25, 0.3) is 0 Å². The molecule has 0 spiro atoms. The van der Waals surface area contributed by atoms with E-state index >= 15 is 0 Å². The maximum atomic E-state index is 12.9. The molecule has 2 amide bonds. The van der Waals surface area contributed by atoms with Gasteiger partial charge < -0.3 is 10.1 Å². The molecule has 28 heavy (non-hydrogen) atoms. The molecule has 0 radical (unpaired) electrons. The summed E-state index contributed by atoms with van der Waals surface area (Å²) in [4.78, 5) is 12.9. The molecule has 1 fully saturated rings. The largest absolute Gasteiger partial charge is 0.484 e. The number of thioether (sulfide) groups is 1. The van der Waals surface area contributed by atoms with E-state index in [2.05, 4.69) is 15.5 Å². The number of carbonyl (C=O) groups is 1. The topological polar surface area (TPSA) is 72.3 Å². The van der Waals surface area contributed by atoms with Crippen molar-refractivity contribution in [1.29, 1.82) is 0 Å². The molecule has 2 heterocycles. The lowest BCUT2D eigenvalue weighted by atomic mass is 9.96. The molecular weight excluding hydrogens is 421 g/mol. The van der Waals surface area contributed by atoms with Gasteiger partial charge in [-0.3, -0.25) is 0 Å². The monoisotopic (exact) mass is 441 g/mol. The molecule has 1 aromatic carbocycles. The van der Waals surface area contributed by atoms with Gasteiger partial charge in [0.2, 0.25) is 5.16 Å². The molecule has 10 heteroatoms. The summed E-state index contributed by atoms with van der Waals surface area (Å²) < 4.78 is 7.54. The van der Waals surface area contributed by atoms with Gasteiger partial charge in [-0.25, -0.2) is 14.5 Å². The minimum absolute atomic E-state index is 0.112. The van der Waals surface area contributed by atoms with Crippen molar-refractivity contribution in [3.05, 3.63) is 34.1 Å². The maximum absolute atomic E-state index is 12.9. The van der Waals surface area contributed by atoms with Crippen molar-refractivity contribution in [1.82, 2.24) is 20.2 Å². The van der Waals surface area contributed by atoms with Crippen LogP contribution in [0, 0.1) is 0 Å². The Bertz CT molecular complexity index is 856. The van der Waals surface area contributed by atoms with E-state index in [1.165, 1.54) is 19.3 Å². The molecule has 0 saturated heterocycles. The summed E-state index contributed by atoms with van der Waals surface area (Å²) in [5.41, 5.74) is 0. The number of amides is 2. The quantitative estimate of drug-likeness (QED) is 0.767. The van der Waals surface area contributed by atoms with Crippen molar-refractivity contribution in [3.63, 3.8) is 0 Å². The van der Waals surface area contributed by atoms with E-state index in [1.807, 2.05) is 0 Å². The Labute approximate surface area is 177 Å². The van der Waals surface area contributed by atoms with Gasteiger partial charge >= 0.3 is 6.03 Å². The van der Waals surface area contributed by atoms with Crippen LogP contribution in [-0.2, 0) is 6.61 Å². The summed E-state index contributed by atoms with van der Waals surface area (Å²) in [5.74, 6) is 1.83. The highest BCUT2D eigenvalue weighted by atomic mass is 35.5. The molecule has 1 aliphatic heterocycles. The first kappa shape index (κ1) is 19.7. The van der Waals surface area contributed by atoms with E-state index in [1.54, 1.807) is 39.6 Å². The van der Waals surface area contributed by atoms with Crippen molar-refractivity contribution in [2.75, 3.05) is 17.3 Å². The molecule has 2 aromatic rings. The Balaban J connectivity index is 1.48. The Kier molecular flexibility index (Phi) is 6.18. The normalized spacial score (nSPS) is 17.3. The van der Waals surface area contributed by atoms with Crippen molar-refractivity contribution in [2.24, 2.45) is 0 Å². The zero-order chi connectivity index (χ0) is 19.5. The zero-order valence-corrected chi connectivity index (χ0v) is 17.6. The molecule has 2 aliphatic rings. The number of benzene rings is 1. The summed E-state index contributed by atoms with van der Waals surface area (Å²) in [6, 6.07) is 5.17. The number of hydrogen-bond acceptors (Lipinski definition) is 5. The molecule has 0 atom stereocenters. The number of fused-ring (bicyclic) bond motifs is 1. The number of aromatic nitrogens is 3. The number of carbonyl (C=O) groups excluding carboxylic acids is 1. The van der Waals surface area contributed by atoms with E-state index < -0.39 is 0 Å². The van der Waals surface area contributed by atoms with E-state index in [9.17, 15) is 4.79 Å². The lowest BCUT2D eigenvalue weighted by Crippen LogP contribution is -2.53. The van der Waals surface area contributed by atoms with Crippen LogP contribution in [0.15, 0.2) is 23.4 Å². The third-order valence-electron chi connectivity index (χ3n) is 4.87. The van der Waals surface area contributed by atoms with Gasteiger partial charge in [-0.05, 0) is 31.0 Å². The van der Waals surface area contributed by atoms with Gasteiger partial charge in [-0.15, -0.1) is 10.2 Å². The molecular formula is C18H21Cl2N5O2S. The van der Waals surface area contributed by atoms with Gasteiger partial charge in [0.1, 0.15) is 12.4 Å². The fraction of sp³-hybridized carbons (Fsp3) is 0.500. The van der Waals surface area contributed by atoms with E-state index in [-0.39, 0.29) is 18.7 Å². The number of halogens is 2. The van der Waals surface area contributed by atoms with Gasteiger partial charge in [-0.1, -0.05) is 54.2 Å². The van der Waals surface area contributed by atoms with Crippen LogP contribution in [0.4, 0.5) is 4.79 Å². The molecule has 1 saturated carbocycles. The van der Waals surface area contributed by atoms with Crippen LogP contribution in [0.1, 0.15) is 37.9 Å². The SMILES string of the molecule is O=C(NC1CCCCC1)N1CCSc2nnc(COc3ccc(Cl)cc3Cl)n21. The van der Waals surface area contributed by atoms with Crippen LogP contribution in [0.25, 0.3) is 0 Å². The molecule has 0 unspecified atom stereocenters. The highest BCUT2D eigenvalue weighted by Crippen LogP contribution is 2.29. The summed E-state index contributed by atoms with van der Waals surface area (Å²) in [5, 5.41) is 14.9. The average Bonchev–Trinajstić information content (AvgIpc) is 3.11. The standard InChI is InChI=1S/C18H21Cl2N5O2S/c19-12-6-7-15(14(20)10-12)27-11-16-22-23-18-25(16)24(8-9-28-18)17(26)21-13-4-2-1-3-5-13/h6-7,10,13H,1-5,8-9,11H2,(H,21,26). The maximum Gasteiger partial charge on any atom is 0.336 e. The van der Waals surface area contributed by atoms with Crippen LogP contribution >= 0.6 is 35.0 Å². The number of ether oxygens (including phenoxy) is 1. The molecule has 7 nitrogen and oxygen atoms in total. The first-order valence-corrected chi connectivity index (χ1v) is 11.1. The Morgan fingerprint density at radius 2 is 2.07 bits per heavy atom. The predicted octanol–water partition coefficient (Wildman–Crippen LogP) is 4.25. The third-order valence-corrected chi connectivity index (χ3v) is 6.30. The van der Waals surface area contributed by atoms with Gasteiger partial charge in [0.05, 0.1) is 11.6 Å². The summed E-state index contributed by atoms with van der Waals surface area (Å²) >= 11 is 13.7. The third kappa shape index (κ3) is 4.34. The van der Waals surface area contributed by atoms with Crippen molar-refractivity contribution < 1.29 is 9.53 Å². The Morgan fingerprint density at radius 1 is 1.25 bits per heavy atom. The number of nitrogens with zero attached hydrogens (tertiary/aromatic N) is 4. The fourth-order valence-electron chi connectivity index (χ4n) is 3.46. The van der Waals surface area contributed by atoms with Crippen LogP contribution in [-0.4, -0.2) is 39.2 Å². The number of hydrogen-bond donors (Lipinski definition) is 1. The first-order valence-electron chi connectivity index (χ1n) is 9.35. The molecule has 4 rings (SSSR count). The number of urea groups is 1. The van der Waals surface area contributed by atoms with Crippen molar-refractivity contribution in [2.45, 2.75) is 49.9 Å². The predicted molar refractivity (Wildman–Crippen MR) is 110 cm³/mol. The number of rotatable bonds is 4. The highest BCUT2D eigenvalue weighted by Gasteiger charge is 2.29. The first-order chi connectivity index (χ1) is 13.6. The Hall–Kier alpha value is -1.64. The lowest BCUT2D eigenvalue weighted by Gasteiger charge is -2.31. The van der Waals surface area contributed by atoms with Gasteiger partial charge in [-0.2, -0.15) is 0 Å². The van der Waals surface area contributed by atoms with Gasteiger partial charge in [0.15, 0.2) is 5.82 Å². The molecule has 1 aliphatic carbocycles. The van der Waals surface area contributed by atoms with Crippen LogP contribution in [0.3, 0.4) is 0 Å². The molecule has 1 aromatic heterocycles. The number of nitrogens with one attached hydrogen (secondary N) is 1. The van der Waals surface area contributed by atoms with E-state index in [0.29, 0.717) is 33.3 Å². The van der Waals surface area contributed by atoms with Crippen LogP contribution in [0.5, 0.6) is 5.75 Å². The lowest BCUT2D eigenvalue weighted by molar-refractivity contribution is 0.229. The average molecular weight is 442 g/mol. The smallest absolute Gasteiger partial charge is 0.336 e. The molecule has 0 bridgehead atoms. The van der Waals surface area contributed by atoms with Crippen molar-refractivity contribution >= 4 is 41.0 Å². The minimum Gasteiger partial charge on any atom is -0.484 e. The van der Waals surface area contributed by atoms with Crippen LogP contribution in [0.2, 0.25) is 10.0 Å². The van der Waals surface area contributed by atoms with Crippen molar-refractivity contribution in [3.8, 4) is 5.75 Å². The fourth-order valence-corrected chi connectivity index (χ4v) is 4.80. The van der Waals surface area contributed by atoms with Crippen LogP contribution < -0.4 is 15.1 Å². The second-order valence-electron chi connectivity index (χ2n) is 6.83. The summed E-state index contributed by atoms with van der Waals surface area (Å²) in [6.07, 6.45) is 5.65. The summed E-state index contributed by atoms with van der Waals surface area (Å²) in [7, 11) is 0. The van der Waals surface area contributed by atoms with Gasteiger partial charge in [0, 0.05) is 16.8 Å². The zero-order valence-electron chi connectivity index (χ0n) is 15.2. The summed E-state index contributed by atoms with van der Waals surface area (Å²) in [6.45, 7) is 0.727. The second kappa shape index (κ2) is 8.80. The van der Waals surface area contributed by atoms with E-state index in [4.69, 9.17) is 27.9 Å². The highest BCUT2D eigenvalue weighted by molar-refractivity contribution is 7.99.